The number of aromatic nitrogens is 3. The van der Waals surface area contributed by atoms with E-state index in [0.717, 1.165) is 0 Å². The lowest BCUT2D eigenvalue weighted by Gasteiger charge is -2.02. The third-order valence-corrected chi connectivity index (χ3v) is 3.49. The molecule has 1 amide bonds. The molecule has 3 rings (SSSR count). The second kappa shape index (κ2) is 4.40. The van der Waals surface area contributed by atoms with Crippen molar-refractivity contribution in [2.24, 2.45) is 0 Å². The highest BCUT2D eigenvalue weighted by Gasteiger charge is 2.13. The number of halogens is 1. The zero-order chi connectivity index (χ0) is 12.5. The number of hydrogen-bond donors (Lipinski definition) is 2. The first-order valence-corrected chi connectivity index (χ1v) is 6.33. The van der Waals surface area contributed by atoms with Crippen LogP contribution in [0, 0.1) is 0 Å². The van der Waals surface area contributed by atoms with Gasteiger partial charge in [0, 0.05) is 11.6 Å². The molecule has 0 fully saturated rings. The number of nitrogens with one attached hydrogen (secondary N) is 2. The quantitative estimate of drug-likeness (QED) is 0.757. The minimum Gasteiger partial charge on any atom is -0.346 e. The molecule has 0 radical (unpaired) electrons. The fraction of sp³-hybridized carbons (Fsp3) is 0. The predicted molar refractivity (Wildman–Crippen MR) is 71.2 cm³/mol. The molecule has 0 aliphatic heterocycles. The van der Waals surface area contributed by atoms with Gasteiger partial charge in [0.05, 0.1) is 15.4 Å². The van der Waals surface area contributed by atoms with Crippen molar-refractivity contribution < 1.29 is 4.79 Å². The highest BCUT2D eigenvalue weighted by Crippen LogP contribution is 2.24. The van der Waals surface area contributed by atoms with Gasteiger partial charge in [-0.1, -0.05) is 11.6 Å². The molecule has 5 nitrogen and oxygen atoms in total. The van der Waals surface area contributed by atoms with Crippen LogP contribution in [-0.4, -0.2) is 20.9 Å². The van der Waals surface area contributed by atoms with Crippen LogP contribution in [0.5, 0.6) is 0 Å². The second-order valence-corrected chi connectivity index (χ2v) is 5.10. The summed E-state index contributed by atoms with van der Waals surface area (Å²) in [5, 5.41) is 5.21. The van der Waals surface area contributed by atoms with Crippen molar-refractivity contribution in [2.75, 3.05) is 5.32 Å². The third kappa shape index (κ3) is 1.96. The number of nitrogens with zero attached hydrogens (tertiary/aromatic N) is 2. The van der Waals surface area contributed by atoms with Gasteiger partial charge in [0.15, 0.2) is 0 Å². The van der Waals surface area contributed by atoms with E-state index in [1.54, 1.807) is 23.7 Å². The lowest BCUT2D eigenvalue weighted by atomic mass is 10.2. The molecule has 0 saturated carbocycles. The number of anilines is 1. The molecule has 0 aliphatic rings. The molecule has 0 bridgehead atoms. The zero-order valence-corrected chi connectivity index (χ0v) is 10.5. The maximum atomic E-state index is 12.1. The summed E-state index contributed by atoms with van der Waals surface area (Å²) in [6.07, 6.45) is 3.08. The minimum absolute atomic E-state index is 0.281. The van der Waals surface area contributed by atoms with Crippen LogP contribution >= 0.6 is 22.9 Å². The van der Waals surface area contributed by atoms with Gasteiger partial charge < -0.3 is 10.3 Å². The van der Waals surface area contributed by atoms with Crippen LogP contribution in [0.1, 0.15) is 10.5 Å². The molecule has 18 heavy (non-hydrogen) atoms. The smallest absolute Gasteiger partial charge is 0.275 e. The van der Waals surface area contributed by atoms with Gasteiger partial charge in [-0.2, -0.15) is 0 Å². The Morgan fingerprint density at radius 2 is 2.33 bits per heavy atom. The zero-order valence-electron chi connectivity index (χ0n) is 8.98. The van der Waals surface area contributed by atoms with Crippen molar-refractivity contribution in [2.45, 2.75) is 0 Å². The summed E-state index contributed by atoms with van der Waals surface area (Å²) >= 11 is 7.16. The van der Waals surface area contributed by atoms with Crippen LogP contribution in [0.2, 0.25) is 4.34 Å². The lowest BCUT2D eigenvalue weighted by Crippen LogP contribution is -2.13. The largest absolute Gasteiger partial charge is 0.346 e. The standard InChI is InChI=1S/C11H7ClN4OS/c12-8-3-6(4-18-8)16-11(17)9-7-1-2-13-10(7)15-5-14-9/h1-5H,(H,16,17)(H,13,14,15). The summed E-state index contributed by atoms with van der Waals surface area (Å²) in [5.41, 5.74) is 1.64. The third-order valence-electron chi connectivity index (χ3n) is 2.39. The number of hydrogen-bond acceptors (Lipinski definition) is 4. The highest BCUT2D eigenvalue weighted by molar-refractivity contribution is 7.14. The minimum atomic E-state index is -0.281. The van der Waals surface area contributed by atoms with Gasteiger partial charge in [-0.3, -0.25) is 4.79 Å². The molecule has 2 N–H and O–H groups in total. The van der Waals surface area contributed by atoms with Gasteiger partial charge in [-0.15, -0.1) is 11.3 Å². The number of carbonyl (C=O) groups is 1. The second-order valence-electron chi connectivity index (χ2n) is 3.56. The first-order chi connectivity index (χ1) is 8.74. The summed E-state index contributed by atoms with van der Waals surface area (Å²) in [5.74, 6) is -0.281. The van der Waals surface area contributed by atoms with E-state index in [1.165, 1.54) is 17.7 Å². The molecule has 0 atom stereocenters. The SMILES string of the molecule is O=C(Nc1csc(Cl)c1)c1ncnc2[nH]ccc12. The van der Waals surface area contributed by atoms with Crippen LogP contribution in [0.4, 0.5) is 5.69 Å². The maximum absolute atomic E-state index is 12.1. The van der Waals surface area contributed by atoms with Gasteiger partial charge in [0.2, 0.25) is 0 Å². The molecular formula is C11H7ClN4OS. The summed E-state index contributed by atoms with van der Waals surface area (Å²) in [6, 6.07) is 3.46. The molecule has 3 aromatic rings. The number of aromatic amines is 1. The first-order valence-electron chi connectivity index (χ1n) is 5.07. The van der Waals surface area contributed by atoms with E-state index in [2.05, 4.69) is 20.3 Å². The summed E-state index contributed by atoms with van der Waals surface area (Å²) in [4.78, 5) is 23.1. The molecule has 90 valence electrons. The van der Waals surface area contributed by atoms with Gasteiger partial charge in [-0.05, 0) is 12.1 Å². The Kier molecular flexibility index (Phi) is 2.73. The summed E-state index contributed by atoms with van der Waals surface area (Å²) in [6.45, 7) is 0. The van der Waals surface area contributed by atoms with Crippen molar-refractivity contribution in [3.63, 3.8) is 0 Å². The van der Waals surface area contributed by atoms with Crippen molar-refractivity contribution >= 4 is 45.6 Å². The van der Waals surface area contributed by atoms with Gasteiger partial charge >= 0.3 is 0 Å². The highest BCUT2D eigenvalue weighted by atomic mass is 35.5. The first kappa shape index (κ1) is 11.2. The molecule has 0 spiro atoms. The van der Waals surface area contributed by atoms with E-state index in [0.29, 0.717) is 26.8 Å². The van der Waals surface area contributed by atoms with E-state index in [1.807, 2.05) is 0 Å². The summed E-state index contributed by atoms with van der Waals surface area (Å²) < 4.78 is 0.625. The van der Waals surface area contributed by atoms with Crippen molar-refractivity contribution in [3.05, 3.63) is 40.1 Å². The van der Waals surface area contributed by atoms with Crippen molar-refractivity contribution in [1.82, 2.24) is 15.0 Å². The number of carbonyl (C=O) groups excluding carboxylic acids is 1. The van der Waals surface area contributed by atoms with Crippen LogP contribution in [0.3, 0.4) is 0 Å². The molecule has 3 heterocycles. The Morgan fingerprint density at radius 1 is 1.44 bits per heavy atom. The number of thiophene rings is 1. The molecule has 3 aromatic heterocycles. The van der Waals surface area contributed by atoms with Gasteiger partial charge in [0.1, 0.15) is 17.7 Å². The Balaban J connectivity index is 1.94. The van der Waals surface area contributed by atoms with E-state index >= 15 is 0 Å². The van der Waals surface area contributed by atoms with Crippen molar-refractivity contribution in [3.8, 4) is 0 Å². The van der Waals surface area contributed by atoms with Gasteiger partial charge in [-0.25, -0.2) is 9.97 Å². The molecule has 0 saturated heterocycles. The van der Waals surface area contributed by atoms with Crippen LogP contribution in [0.15, 0.2) is 30.0 Å². The number of rotatable bonds is 2. The molecular weight excluding hydrogens is 272 g/mol. The monoisotopic (exact) mass is 278 g/mol. The Bertz CT molecular complexity index is 720. The Morgan fingerprint density at radius 3 is 3.11 bits per heavy atom. The molecule has 7 heteroatoms. The molecule has 0 aliphatic carbocycles. The van der Waals surface area contributed by atoms with Crippen LogP contribution in [0.25, 0.3) is 11.0 Å². The fourth-order valence-corrected chi connectivity index (χ4v) is 2.43. The average molecular weight is 279 g/mol. The molecule has 0 aromatic carbocycles. The number of amides is 1. The van der Waals surface area contributed by atoms with E-state index < -0.39 is 0 Å². The average Bonchev–Trinajstić information content (AvgIpc) is 2.97. The topological polar surface area (TPSA) is 70.7 Å². The maximum Gasteiger partial charge on any atom is 0.275 e. The van der Waals surface area contributed by atoms with Gasteiger partial charge in [0.25, 0.3) is 5.91 Å². The van der Waals surface area contributed by atoms with Crippen molar-refractivity contribution in [1.29, 1.82) is 0 Å². The normalized spacial score (nSPS) is 10.7. The summed E-state index contributed by atoms with van der Waals surface area (Å²) in [7, 11) is 0. The Labute approximate surface area is 111 Å². The molecule has 0 unspecified atom stereocenters. The van der Waals surface area contributed by atoms with E-state index in [9.17, 15) is 4.79 Å². The Hall–Kier alpha value is -1.92. The predicted octanol–water partition coefficient (Wildman–Crippen LogP) is 2.93. The number of fused-ring (bicyclic) bond motifs is 1. The van der Waals surface area contributed by atoms with E-state index in [4.69, 9.17) is 11.6 Å². The fourth-order valence-electron chi connectivity index (χ4n) is 1.62. The van der Waals surface area contributed by atoms with Crippen LogP contribution in [-0.2, 0) is 0 Å². The number of H-pyrrole nitrogens is 1. The van der Waals surface area contributed by atoms with Crippen LogP contribution < -0.4 is 5.32 Å². The van der Waals surface area contributed by atoms with E-state index in [-0.39, 0.29) is 5.91 Å². The lowest BCUT2D eigenvalue weighted by molar-refractivity contribution is 0.102.